The van der Waals surface area contributed by atoms with Gasteiger partial charge in [-0.15, -0.1) is 0 Å². The lowest BCUT2D eigenvalue weighted by atomic mass is 9.85. The molecule has 11 heteroatoms. The van der Waals surface area contributed by atoms with Gasteiger partial charge in [0.15, 0.2) is 6.10 Å². The Morgan fingerprint density at radius 2 is 1.43 bits per heavy atom. The first-order valence-electron chi connectivity index (χ1n) is 15.7. The van der Waals surface area contributed by atoms with Crippen molar-refractivity contribution in [3.63, 3.8) is 0 Å². The number of para-hydroxylation sites is 1. The van der Waals surface area contributed by atoms with Crippen molar-refractivity contribution in [2.75, 3.05) is 18.6 Å². The molecular formula is C36H44N4O7. The molecule has 1 fully saturated rings. The number of aliphatic hydroxyl groups excluding tert-OH is 1. The predicted molar refractivity (Wildman–Crippen MR) is 178 cm³/mol. The fraction of sp³-hybridized carbons (Fsp3) is 0.389. The van der Waals surface area contributed by atoms with Crippen LogP contribution < -0.4 is 20.9 Å². The molecule has 4 amide bonds. The lowest BCUT2D eigenvalue weighted by molar-refractivity contribution is -0.130. The highest BCUT2D eigenvalue weighted by atomic mass is 16.6. The molecule has 5 atom stereocenters. The summed E-state index contributed by atoms with van der Waals surface area (Å²) in [6.45, 7) is 5.51. The molecule has 1 saturated heterocycles. The molecule has 0 saturated carbocycles. The minimum absolute atomic E-state index is 0.0247. The Kier molecular flexibility index (Phi) is 12.0. The van der Waals surface area contributed by atoms with Crippen molar-refractivity contribution in [1.82, 2.24) is 16.0 Å². The first-order valence-corrected chi connectivity index (χ1v) is 15.7. The second kappa shape index (κ2) is 16.1. The van der Waals surface area contributed by atoms with E-state index in [-0.39, 0.29) is 19.4 Å². The van der Waals surface area contributed by atoms with Crippen LogP contribution >= 0.6 is 0 Å². The third kappa shape index (κ3) is 10.0. The molecule has 3 aromatic carbocycles. The van der Waals surface area contributed by atoms with Gasteiger partial charge in [0.1, 0.15) is 6.04 Å². The molecule has 0 spiro atoms. The summed E-state index contributed by atoms with van der Waals surface area (Å²) >= 11 is 0. The van der Waals surface area contributed by atoms with Crippen LogP contribution in [0.3, 0.4) is 0 Å². The molecule has 11 nitrogen and oxygen atoms in total. The Balaban J connectivity index is 1.54. The van der Waals surface area contributed by atoms with Crippen LogP contribution in [0.2, 0.25) is 0 Å². The van der Waals surface area contributed by atoms with E-state index < -0.39 is 59.7 Å². The number of alkyl carbamates (subject to hydrolysis) is 1. The molecule has 4 N–H and O–H groups in total. The van der Waals surface area contributed by atoms with Gasteiger partial charge in [-0.05, 0) is 47.9 Å². The molecule has 4 rings (SSSR count). The molecule has 0 bridgehead atoms. The zero-order valence-corrected chi connectivity index (χ0v) is 27.2. The van der Waals surface area contributed by atoms with E-state index in [9.17, 15) is 24.3 Å². The first-order chi connectivity index (χ1) is 22.4. The van der Waals surface area contributed by atoms with Crippen molar-refractivity contribution in [1.29, 1.82) is 0 Å². The summed E-state index contributed by atoms with van der Waals surface area (Å²) in [5.41, 5.74) is 1.78. The Bertz CT molecular complexity index is 1480. The highest BCUT2D eigenvalue weighted by molar-refractivity contribution is 5.95. The second-order valence-electron chi connectivity index (χ2n) is 12.8. The van der Waals surface area contributed by atoms with E-state index in [2.05, 4.69) is 16.0 Å². The second-order valence-corrected chi connectivity index (χ2v) is 12.8. The molecule has 0 aromatic heterocycles. The number of carbonyl (C=O) groups excluding carboxylic acids is 4. The molecular weight excluding hydrogens is 600 g/mol. The molecule has 47 heavy (non-hydrogen) atoms. The third-order valence-electron chi connectivity index (χ3n) is 8.04. The van der Waals surface area contributed by atoms with E-state index in [1.807, 2.05) is 87.5 Å². The average Bonchev–Trinajstić information content (AvgIpc) is 3.45. The molecule has 0 radical (unpaired) electrons. The molecule has 0 aliphatic carbocycles. The number of hydrogen-bond donors (Lipinski definition) is 4. The maximum atomic E-state index is 13.6. The largest absolute Gasteiger partial charge is 0.453 e. The SMILES string of the molecule is COC(=O)NC(C(=O)N[C@@H](Cc1ccccc1)CC(O)[C@H](Cc1ccccc1)NC(=O)[C@@H]1CN(c2ccccc2)C(=O)O1)C(C)(C)C. The fourth-order valence-corrected chi connectivity index (χ4v) is 5.53. The number of hydrogen-bond acceptors (Lipinski definition) is 7. The summed E-state index contributed by atoms with van der Waals surface area (Å²) in [7, 11) is 1.23. The Hall–Kier alpha value is -4.90. The Morgan fingerprint density at radius 1 is 0.872 bits per heavy atom. The van der Waals surface area contributed by atoms with Crippen molar-refractivity contribution in [2.45, 2.75) is 70.4 Å². The lowest BCUT2D eigenvalue weighted by Gasteiger charge is -2.33. The van der Waals surface area contributed by atoms with E-state index in [1.54, 1.807) is 24.3 Å². The number of ether oxygens (including phenoxy) is 2. The summed E-state index contributed by atoms with van der Waals surface area (Å²) in [4.78, 5) is 53.3. The number of aliphatic hydroxyl groups is 1. The standard InChI is InChI=1S/C36H44N4O7/c1-36(2,3)31(39-34(44)46-4)33(43)37-26(20-24-14-8-5-9-15-24)22-29(41)28(21-25-16-10-6-11-17-25)38-32(42)30-23-40(35(45)47-30)27-18-12-7-13-19-27/h5-19,26,28-31,41H,20-23H2,1-4H3,(H,37,43)(H,38,42)(H,39,44)/t26-,28-,29?,30-,31?/m0/s1. The minimum Gasteiger partial charge on any atom is -0.453 e. The minimum atomic E-state index is -1.11. The Morgan fingerprint density at radius 3 is 1.98 bits per heavy atom. The summed E-state index contributed by atoms with van der Waals surface area (Å²) in [6, 6.07) is 25.6. The van der Waals surface area contributed by atoms with Gasteiger partial charge in [0.05, 0.1) is 25.8 Å². The van der Waals surface area contributed by atoms with E-state index in [4.69, 9.17) is 9.47 Å². The number of rotatable bonds is 13. The van der Waals surface area contributed by atoms with E-state index in [0.29, 0.717) is 12.1 Å². The monoisotopic (exact) mass is 644 g/mol. The maximum Gasteiger partial charge on any atom is 0.415 e. The van der Waals surface area contributed by atoms with Gasteiger partial charge in [0, 0.05) is 11.7 Å². The third-order valence-corrected chi connectivity index (χ3v) is 8.04. The maximum absolute atomic E-state index is 13.6. The van der Waals surface area contributed by atoms with Gasteiger partial charge in [-0.2, -0.15) is 0 Å². The van der Waals surface area contributed by atoms with Gasteiger partial charge in [-0.25, -0.2) is 9.59 Å². The van der Waals surface area contributed by atoms with Gasteiger partial charge < -0.3 is 30.5 Å². The topological polar surface area (TPSA) is 146 Å². The van der Waals surface area contributed by atoms with Gasteiger partial charge in [-0.1, -0.05) is 99.6 Å². The van der Waals surface area contributed by atoms with E-state index in [1.165, 1.54) is 12.0 Å². The van der Waals surface area contributed by atoms with Crippen LogP contribution in [0, 0.1) is 5.41 Å². The summed E-state index contributed by atoms with van der Waals surface area (Å²) < 4.78 is 10.2. The molecule has 1 aliphatic rings. The Labute approximate surface area is 275 Å². The highest BCUT2D eigenvalue weighted by Gasteiger charge is 2.39. The molecule has 3 aromatic rings. The van der Waals surface area contributed by atoms with Crippen molar-refractivity contribution in [3.8, 4) is 0 Å². The van der Waals surface area contributed by atoms with Gasteiger partial charge in [0.2, 0.25) is 5.91 Å². The van der Waals surface area contributed by atoms with Crippen molar-refractivity contribution in [2.24, 2.45) is 5.41 Å². The quantitative estimate of drug-likeness (QED) is 0.220. The van der Waals surface area contributed by atoms with Crippen molar-refractivity contribution >= 4 is 29.7 Å². The number of nitrogens with zero attached hydrogens (tertiary/aromatic N) is 1. The smallest absolute Gasteiger partial charge is 0.415 e. The summed E-state index contributed by atoms with van der Waals surface area (Å²) in [5, 5.41) is 20.3. The number of anilines is 1. The molecule has 250 valence electrons. The van der Waals surface area contributed by atoms with Crippen LogP contribution in [-0.2, 0) is 31.9 Å². The number of benzene rings is 3. The zero-order valence-electron chi connectivity index (χ0n) is 27.2. The molecule has 1 aliphatic heterocycles. The van der Waals surface area contributed by atoms with Crippen molar-refractivity contribution < 1.29 is 33.8 Å². The van der Waals surface area contributed by atoms with Crippen LogP contribution in [0.15, 0.2) is 91.0 Å². The van der Waals surface area contributed by atoms with Gasteiger partial charge >= 0.3 is 12.2 Å². The highest BCUT2D eigenvalue weighted by Crippen LogP contribution is 2.23. The van der Waals surface area contributed by atoms with E-state index in [0.717, 1.165) is 11.1 Å². The number of amides is 4. The van der Waals surface area contributed by atoms with Gasteiger partial charge in [-0.3, -0.25) is 14.5 Å². The van der Waals surface area contributed by atoms with Crippen LogP contribution in [0.25, 0.3) is 0 Å². The number of cyclic esters (lactones) is 1. The van der Waals surface area contributed by atoms with E-state index >= 15 is 0 Å². The lowest BCUT2D eigenvalue weighted by Crippen LogP contribution is -2.57. The molecule has 2 unspecified atom stereocenters. The van der Waals surface area contributed by atoms with Crippen LogP contribution in [0.4, 0.5) is 15.3 Å². The number of nitrogens with one attached hydrogen (secondary N) is 3. The zero-order chi connectivity index (χ0) is 34.0. The van der Waals surface area contributed by atoms with Gasteiger partial charge in [0.25, 0.3) is 5.91 Å². The normalized spacial score (nSPS) is 17.1. The van der Waals surface area contributed by atoms with Crippen LogP contribution in [-0.4, -0.2) is 73.1 Å². The summed E-state index contributed by atoms with van der Waals surface area (Å²) in [5.74, 6) is -0.964. The fourth-order valence-electron chi connectivity index (χ4n) is 5.53. The van der Waals surface area contributed by atoms with Crippen LogP contribution in [0.5, 0.6) is 0 Å². The predicted octanol–water partition coefficient (Wildman–Crippen LogP) is 3.99. The number of methoxy groups -OCH3 is 1. The summed E-state index contributed by atoms with van der Waals surface area (Å²) in [6.07, 6.45) is -2.80. The molecule has 1 heterocycles. The van der Waals surface area contributed by atoms with Crippen LogP contribution in [0.1, 0.15) is 38.3 Å². The van der Waals surface area contributed by atoms with Crippen molar-refractivity contribution in [3.05, 3.63) is 102 Å². The first kappa shape index (κ1) is 35.0. The average molecular weight is 645 g/mol. The number of carbonyl (C=O) groups is 4.